The Bertz CT molecular complexity index is 772. The molecule has 1 amide bonds. The van der Waals surface area contributed by atoms with Crippen LogP contribution in [0, 0.1) is 0 Å². The van der Waals surface area contributed by atoms with Crippen molar-refractivity contribution >= 4 is 11.7 Å². The van der Waals surface area contributed by atoms with E-state index >= 15 is 0 Å². The fourth-order valence-electron chi connectivity index (χ4n) is 3.18. The van der Waals surface area contributed by atoms with Gasteiger partial charge >= 0.3 is 6.18 Å². The van der Waals surface area contributed by atoms with Crippen LogP contribution in [0.2, 0.25) is 0 Å². The van der Waals surface area contributed by atoms with Crippen LogP contribution >= 0.6 is 0 Å². The third-order valence-electron chi connectivity index (χ3n) is 4.95. The number of nitrogens with zero attached hydrogens (tertiary/aromatic N) is 3. The Morgan fingerprint density at radius 1 is 1.11 bits per heavy atom. The predicted molar refractivity (Wildman–Crippen MR) is 101 cm³/mol. The Morgan fingerprint density at radius 3 is 2.36 bits per heavy atom. The zero-order chi connectivity index (χ0) is 20.1. The van der Waals surface area contributed by atoms with Gasteiger partial charge in [0.2, 0.25) is 5.91 Å². The van der Waals surface area contributed by atoms with E-state index in [4.69, 9.17) is 0 Å². The van der Waals surface area contributed by atoms with Gasteiger partial charge in [-0.2, -0.15) is 13.2 Å². The molecule has 0 aliphatic carbocycles. The number of pyridine rings is 1. The first kappa shape index (κ1) is 20.1. The molecule has 1 N–H and O–H groups in total. The molecule has 150 valence electrons. The second kappa shape index (κ2) is 8.60. The van der Waals surface area contributed by atoms with Gasteiger partial charge in [-0.05, 0) is 24.6 Å². The van der Waals surface area contributed by atoms with Crippen molar-refractivity contribution in [1.82, 2.24) is 15.2 Å². The number of hydrogen-bond donors (Lipinski definition) is 1. The van der Waals surface area contributed by atoms with Crippen LogP contribution in [0.15, 0.2) is 48.7 Å². The Kier molecular flexibility index (Phi) is 6.18. The van der Waals surface area contributed by atoms with Crippen LogP contribution in [-0.2, 0) is 17.5 Å². The molecular weight excluding hydrogens is 369 g/mol. The van der Waals surface area contributed by atoms with Crippen molar-refractivity contribution in [2.24, 2.45) is 0 Å². The third-order valence-corrected chi connectivity index (χ3v) is 4.95. The van der Waals surface area contributed by atoms with Gasteiger partial charge in [0.1, 0.15) is 5.82 Å². The maximum Gasteiger partial charge on any atom is 0.417 e. The summed E-state index contributed by atoms with van der Waals surface area (Å²) in [4.78, 5) is 20.4. The molecule has 0 bridgehead atoms. The number of benzene rings is 1. The molecule has 8 heteroatoms. The van der Waals surface area contributed by atoms with Crippen molar-refractivity contribution in [2.45, 2.75) is 25.7 Å². The van der Waals surface area contributed by atoms with Crippen molar-refractivity contribution in [3.63, 3.8) is 0 Å². The summed E-state index contributed by atoms with van der Waals surface area (Å²) in [6.45, 7) is 4.85. The number of alkyl halides is 3. The lowest BCUT2D eigenvalue weighted by atomic mass is 10.2. The van der Waals surface area contributed by atoms with Crippen LogP contribution < -0.4 is 10.2 Å². The first-order chi connectivity index (χ1) is 13.3. The minimum Gasteiger partial charge on any atom is -0.354 e. The average molecular weight is 392 g/mol. The number of halogens is 3. The second-order valence-electron chi connectivity index (χ2n) is 6.81. The van der Waals surface area contributed by atoms with Crippen molar-refractivity contribution in [3.8, 4) is 0 Å². The van der Waals surface area contributed by atoms with Gasteiger partial charge in [-0.25, -0.2) is 4.98 Å². The first-order valence-corrected chi connectivity index (χ1v) is 9.18. The summed E-state index contributed by atoms with van der Waals surface area (Å²) in [5, 5.41) is 2.95. The van der Waals surface area contributed by atoms with E-state index in [1.807, 2.05) is 42.2 Å². The number of carbonyl (C=O) groups is 1. The van der Waals surface area contributed by atoms with Gasteiger partial charge in [0.15, 0.2) is 0 Å². The van der Waals surface area contributed by atoms with E-state index in [2.05, 4.69) is 15.2 Å². The molecule has 1 fully saturated rings. The normalized spacial score (nSPS) is 16.6. The lowest BCUT2D eigenvalue weighted by Gasteiger charge is -2.38. The Labute approximate surface area is 162 Å². The maximum absolute atomic E-state index is 12.7. The number of rotatable bonds is 5. The Balaban J connectivity index is 1.49. The topological polar surface area (TPSA) is 48.5 Å². The molecule has 3 rings (SSSR count). The van der Waals surface area contributed by atoms with Gasteiger partial charge in [0.25, 0.3) is 0 Å². The predicted octanol–water partition coefficient (Wildman–Crippen LogP) is 2.93. The van der Waals surface area contributed by atoms with Crippen LogP contribution in [0.4, 0.5) is 19.0 Å². The lowest BCUT2D eigenvalue weighted by Crippen LogP contribution is -2.54. The molecule has 28 heavy (non-hydrogen) atoms. The van der Waals surface area contributed by atoms with Crippen molar-refractivity contribution in [1.29, 1.82) is 0 Å². The van der Waals surface area contributed by atoms with Gasteiger partial charge in [0, 0.05) is 38.9 Å². The van der Waals surface area contributed by atoms with Gasteiger partial charge in [-0.3, -0.25) is 9.69 Å². The van der Waals surface area contributed by atoms with Crippen molar-refractivity contribution in [3.05, 3.63) is 59.8 Å². The number of anilines is 1. The highest BCUT2D eigenvalue weighted by Crippen LogP contribution is 2.29. The molecule has 5 nitrogen and oxygen atoms in total. The standard InChI is InChI=1S/C20H23F3N4O/c1-15(19(28)25-13-16-5-3-2-4-6-16)26-9-11-27(12-10-26)18-8-7-17(14-24-18)20(21,22)23/h2-8,14-15H,9-13H2,1H3,(H,25,28)/t15-/m0/s1. The molecule has 1 aliphatic rings. The van der Waals surface area contributed by atoms with Crippen LogP contribution in [0.3, 0.4) is 0 Å². The Hall–Kier alpha value is -2.61. The minimum absolute atomic E-state index is 0.0371. The van der Waals surface area contributed by atoms with E-state index in [9.17, 15) is 18.0 Å². The van der Waals surface area contributed by atoms with Gasteiger partial charge in [-0.15, -0.1) is 0 Å². The highest BCUT2D eigenvalue weighted by atomic mass is 19.4. The summed E-state index contributed by atoms with van der Waals surface area (Å²) in [6.07, 6.45) is -3.52. The molecule has 1 saturated heterocycles. The molecule has 0 spiro atoms. The summed E-state index contributed by atoms with van der Waals surface area (Å²) in [5.74, 6) is 0.485. The maximum atomic E-state index is 12.7. The zero-order valence-corrected chi connectivity index (χ0v) is 15.6. The van der Waals surface area contributed by atoms with Crippen LogP contribution in [0.5, 0.6) is 0 Å². The summed E-state index contributed by atoms with van der Waals surface area (Å²) in [6, 6.07) is 11.9. The van der Waals surface area contributed by atoms with Crippen LogP contribution in [-0.4, -0.2) is 48.0 Å². The summed E-state index contributed by atoms with van der Waals surface area (Å²) in [7, 11) is 0. The highest BCUT2D eigenvalue weighted by molar-refractivity contribution is 5.81. The minimum atomic E-state index is -4.38. The number of piperazine rings is 1. The van der Waals surface area contributed by atoms with E-state index < -0.39 is 11.7 Å². The van der Waals surface area contributed by atoms with E-state index in [0.717, 1.165) is 17.8 Å². The molecule has 1 aromatic carbocycles. The van der Waals surface area contributed by atoms with Crippen molar-refractivity contribution in [2.75, 3.05) is 31.1 Å². The molecule has 0 saturated carbocycles. The third kappa shape index (κ3) is 5.01. The smallest absolute Gasteiger partial charge is 0.354 e. The second-order valence-corrected chi connectivity index (χ2v) is 6.81. The largest absolute Gasteiger partial charge is 0.417 e. The molecular formula is C20H23F3N4O. The molecule has 1 atom stereocenters. The first-order valence-electron chi connectivity index (χ1n) is 9.18. The zero-order valence-electron chi connectivity index (χ0n) is 15.6. The quantitative estimate of drug-likeness (QED) is 0.850. The van der Waals surface area contributed by atoms with Gasteiger partial charge < -0.3 is 10.2 Å². The Morgan fingerprint density at radius 2 is 1.79 bits per heavy atom. The summed E-state index contributed by atoms with van der Waals surface area (Å²) in [5.41, 5.74) is 0.292. The fraction of sp³-hybridized carbons (Fsp3) is 0.400. The van der Waals surface area contributed by atoms with E-state index in [1.54, 1.807) is 0 Å². The lowest BCUT2D eigenvalue weighted by molar-refractivity contribution is -0.137. The molecule has 1 aromatic heterocycles. The summed E-state index contributed by atoms with van der Waals surface area (Å²) >= 11 is 0. The van der Waals surface area contributed by atoms with Crippen LogP contribution in [0.1, 0.15) is 18.1 Å². The molecule has 2 aromatic rings. The van der Waals surface area contributed by atoms with Crippen LogP contribution in [0.25, 0.3) is 0 Å². The molecule has 0 radical (unpaired) electrons. The monoisotopic (exact) mass is 392 g/mol. The van der Waals surface area contributed by atoms with E-state index in [-0.39, 0.29) is 11.9 Å². The molecule has 0 unspecified atom stereocenters. The number of amides is 1. The molecule has 1 aliphatic heterocycles. The highest BCUT2D eigenvalue weighted by Gasteiger charge is 2.31. The number of nitrogens with one attached hydrogen (secondary N) is 1. The van der Waals surface area contributed by atoms with Gasteiger partial charge in [-0.1, -0.05) is 30.3 Å². The van der Waals surface area contributed by atoms with E-state index in [1.165, 1.54) is 6.07 Å². The SMILES string of the molecule is C[C@@H](C(=O)NCc1ccccc1)N1CCN(c2ccc(C(F)(F)F)cn2)CC1. The average Bonchev–Trinajstić information content (AvgIpc) is 2.72. The number of hydrogen-bond acceptors (Lipinski definition) is 4. The van der Waals surface area contributed by atoms with Crippen molar-refractivity contribution < 1.29 is 18.0 Å². The molecule has 2 heterocycles. The number of carbonyl (C=O) groups excluding carboxylic acids is 1. The van der Waals surface area contributed by atoms with Gasteiger partial charge in [0.05, 0.1) is 11.6 Å². The summed E-state index contributed by atoms with van der Waals surface area (Å²) < 4.78 is 38.0. The number of aromatic nitrogens is 1. The fourth-order valence-corrected chi connectivity index (χ4v) is 3.18. The van der Waals surface area contributed by atoms with E-state index in [0.29, 0.717) is 38.5 Å².